The van der Waals surface area contributed by atoms with Crippen LogP contribution in [0.1, 0.15) is 17.3 Å². The number of nitrogens with zero attached hydrogens (tertiary/aromatic N) is 2. The van der Waals surface area contributed by atoms with Crippen molar-refractivity contribution in [3.8, 4) is 0 Å². The summed E-state index contributed by atoms with van der Waals surface area (Å²) in [5, 5.41) is 9.24. The van der Waals surface area contributed by atoms with Crippen molar-refractivity contribution in [2.45, 2.75) is 12.3 Å². The molecule has 2 rings (SSSR count). The number of aromatic nitrogens is 2. The summed E-state index contributed by atoms with van der Waals surface area (Å²) in [7, 11) is 0. The van der Waals surface area contributed by atoms with Crippen LogP contribution in [-0.4, -0.2) is 21.0 Å². The molecular weight excluding hydrogens is 362 g/mol. The van der Waals surface area contributed by atoms with Crippen LogP contribution in [0.15, 0.2) is 36.7 Å². The maximum absolute atomic E-state index is 13.6. The van der Waals surface area contributed by atoms with Crippen molar-refractivity contribution in [2.75, 3.05) is 0 Å². The number of halogens is 2. The molecule has 0 spiro atoms. The summed E-state index contributed by atoms with van der Waals surface area (Å²) in [6, 6.07) is 6.11. The summed E-state index contributed by atoms with van der Waals surface area (Å²) < 4.78 is 14.4. The monoisotopic (exact) mass is 372 g/mol. The Labute approximate surface area is 122 Å². The van der Waals surface area contributed by atoms with Gasteiger partial charge in [0.1, 0.15) is 17.6 Å². The highest BCUT2D eigenvalue weighted by atomic mass is 127. The van der Waals surface area contributed by atoms with Gasteiger partial charge in [-0.15, -0.1) is 0 Å². The fourth-order valence-corrected chi connectivity index (χ4v) is 1.95. The van der Waals surface area contributed by atoms with Crippen LogP contribution in [0.25, 0.3) is 0 Å². The molecule has 0 saturated carbocycles. The first-order chi connectivity index (χ1) is 9.08. The van der Waals surface area contributed by atoms with E-state index in [0.717, 1.165) is 3.57 Å². The standard InChI is InChI=1S/C13H10FIN2O2/c14-11-4-2-1-3-8(11)5-10(13(18)19)12-16-6-9(15)7-17-12/h1-4,6-7,10H,5H2,(H,18,19). The first kappa shape index (κ1) is 13.9. The van der Waals surface area contributed by atoms with Gasteiger partial charge in [-0.1, -0.05) is 18.2 Å². The van der Waals surface area contributed by atoms with Crippen LogP contribution in [0.5, 0.6) is 0 Å². The van der Waals surface area contributed by atoms with Gasteiger partial charge in [-0.3, -0.25) is 4.79 Å². The molecule has 6 heteroatoms. The zero-order valence-corrected chi connectivity index (χ0v) is 11.9. The van der Waals surface area contributed by atoms with Crippen molar-refractivity contribution < 1.29 is 14.3 Å². The van der Waals surface area contributed by atoms with Crippen LogP contribution in [0.3, 0.4) is 0 Å². The topological polar surface area (TPSA) is 63.1 Å². The first-order valence-electron chi connectivity index (χ1n) is 5.51. The van der Waals surface area contributed by atoms with Gasteiger partial charge in [-0.2, -0.15) is 0 Å². The lowest BCUT2D eigenvalue weighted by atomic mass is 9.98. The second kappa shape index (κ2) is 6.05. The van der Waals surface area contributed by atoms with Crippen LogP contribution in [0, 0.1) is 9.39 Å². The lowest BCUT2D eigenvalue weighted by Crippen LogP contribution is -2.18. The quantitative estimate of drug-likeness (QED) is 0.839. The number of carbonyl (C=O) groups is 1. The van der Waals surface area contributed by atoms with Crippen molar-refractivity contribution in [3.05, 3.63) is 57.4 Å². The Morgan fingerprint density at radius 3 is 2.53 bits per heavy atom. The Morgan fingerprint density at radius 2 is 1.95 bits per heavy atom. The number of aliphatic carboxylic acids is 1. The Kier molecular flexibility index (Phi) is 4.41. The normalized spacial score (nSPS) is 12.1. The van der Waals surface area contributed by atoms with E-state index in [0.29, 0.717) is 5.56 Å². The molecule has 1 N–H and O–H groups in total. The molecule has 0 bridgehead atoms. The summed E-state index contributed by atoms with van der Waals surface area (Å²) in [4.78, 5) is 19.3. The molecule has 0 aliphatic rings. The molecule has 19 heavy (non-hydrogen) atoms. The minimum Gasteiger partial charge on any atom is -0.481 e. The maximum Gasteiger partial charge on any atom is 0.314 e. The fraction of sp³-hybridized carbons (Fsp3) is 0.154. The lowest BCUT2D eigenvalue weighted by molar-refractivity contribution is -0.139. The first-order valence-corrected chi connectivity index (χ1v) is 6.59. The van der Waals surface area contributed by atoms with E-state index in [9.17, 15) is 14.3 Å². The molecule has 98 valence electrons. The van der Waals surface area contributed by atoms with E-state index >= 15 is 0 Å². The third-order valence-electron chi connectivity index (χ3n) is 2.63. The Morgan fingerprint density at radius 1 is 1.32 bits per heavy atom. The van der Waals surface area contributed by atoms with Gasteiger partial charge in [-0.05, 0) is 40.6 Å². The Hall–Kier alpha value is -1.57. The van der Waals surface area contributed by atoms with Crippen molar-refractivity contribution in [1.29, 1.82) is 0 Å². The number of benzene rings is 1. The predicted octanol–water partition coefficient (Wildman–Crippen LogP) is 2.63. The SMILES string of the molecule is O=C(O)C(Cc1ccccc1F)c1ncc(I)cn1. The molecule has 0 amide bonds. The second-order valence-corrected chi connectivity index (χ2v) is 5.19. The van der Waals surface area contributed by atoms with E-state index in [1.54, 1.807) is 30.6 Å². The number of rotatable bonds is 4. The molecule has 1 heterocycles. The van der Waals surface area contributed by atoms with Gasteiger partial charge in [0.15, 0.2) is 0 Å². The average molecular weight is 372 g/mol. The number of hydrogen-bond acceptors (Lipinski definition) is 3. The van der Waals surface area contributed by atoms with Gasteiger partial charge in [0.2, 0.25) is 0 Å². The summed E-state index contributed by atoms with van der Waals surface area (Å²) in [5.41, 5.74) is 0.344. The highest BCUT2D eigenvalue weighted by molar-refractivity contribution is 14.1. The summed E-state index contributed by atoms with van der Waals surface area (Å²) in [5.74, 6) is -2.24. The number of hydrogen-bond donors (Lipinski definition) is 1. The van der Waals surface area contributed by atoms with Crippen molar-refractivity contribution in [2.24, 2.45) is 0 Å². The summed E-state index contributed by atoms with van der Waals surface area (Å²) in [6.07, 6.45) is 3.11. The molecule has 1 aromatic carbocycles. The fourth-order valence-electron chi connectivity index (χ4n) is 1.68. The molecule has 0 aliphatic heterocycles. The summed E-state index contributed by atoms with van der Waals surface area (Å²) >= 11 is 2.03. The smallest absolute Gasteiger partial charge is 0.314 e. The zero-order chi connectivity index (χ0) is 13.8. The molecule has 0 fully saturated rings. The molecule has 1 atom stereocenters. The van der Waals surface area contributed by atoms with Gasteiger partial charge in [-0.25, -0.2) is 14.4 Å². The van der Waals surface area contributed by atoms with Gasteiger partial charge in [0.25, 0.3) is 0 Å². The minimum absolute atomic E-state index is 0.0304. The lowest BCUT2D eigenvalue weighted by Gasteiger charge is -2.11. The Bertz CT molecular complexity index is 589. The van der Waals surface area contributed by atoms with Crippen LogP contribution in [0.2, 0.25) is 0 Å². The van der Waals surface area contributed by atoms with E-state index in [1.807, 2.05) is 22.6 Å². The maximum atomic E-state index is 13.6. The van der Waals surface area contributed by atoms with E-state index in [-0.39, 0.29) is 12.2 Å². The largest absolute Gasteiger partial charge is 0.481 e. The minimum atomic E-state index is -1.07. The molecule has 0 saturated heterocycles. The molecule has 1 aromatic heterocycles. The molecular formula is C13H10FIN2O2. The molecule has 4 nitrogen and oxygen atoms in total. The highest BCUT2D eigenvalue weighted by Gasteiger charge is 2.24. The van der Waals surface area contributed by atoms with Crippen molar-refractivity contribution in [1.82, 2.24) is 9.97 Å². The van der Waals surface area contributed by atoms with E-state index in [4.69, 9.17) is 0 Å². The molecule has 2 aromatic rings. The highest BCUT2D eigenvalue weighted by Crippen LogP contribution is 2.20. The molecule has 0 aliphatic carbocycles. The van der Waals surface area contributed by atoms with Crippen molar-refractivity contribution >= 4 is 28.6 Å². The zero-order valence-electron chi connectivity index (χ0n) is 9.75. The van der Waals surface area contributed by atoms with Gasteiger partial charge < -0.3 is 5.11 Å². The second-order valence-electron chi connectivity index (χ2n) is 3.95. The van der Waals surface area contributed by atoms with Crippen LogP contribution >= 0.6 is 22.6 Å². The van der Waals surface area contributed by atoms with E-state index in [2.05, 4.69) is 9.97 Å². The summed E-state index contributed by atoms with van der Waals surface area (Å²) in [6.45, 7) is 0. The van der Waals surface area contributed by atoms with Gasteiger partial charge in [0, 0.05) is 16.0 Å². The van der Waals surface area contributed by atoms with Crippen LogP contribution < -0.4 is 0 Å². The average Bonchev–Trinajstić information content (AvgIpc) is 2.39. The predicted molar refractivity (Wildman–Crippen MR) is 75.2 cm³/mol. The van der Waals surface area contributed by atoms with Crippen molar-refractivity contribution in [3.63, 3.8) is 0 Å². The number of carboxylic acid groups (broad SMARTS) is 1. The molecule has 1 unspecified atom stereocenters. The van der Waals surface area contributed by atoms with Crippen LogP contribution in [0.4, 0.5) is 4.39 Å². The number of carboxylic acids is 1. The van der Waals surface area contributed by atoms with E-state index < -0.39 is 17.7 Å². The third-order valence-corrected chi connectivity index (χ3v) is 3.19. The molecule has 0 radical (unpaired) electrons. The third kappa shape index (κ3) is 3.46. The Balaban J connectivity index is 2.29. The van der Waals surface area contributed by atoms with Crippen LogP contribution in [-0.2, 0) is 11.2 Å². The van der Waals surface area contributed by atoms with Gasteiger partial charge in [0.05, 0.1) is 0 Å². The van der Waals surface area contributed by atoms with E-state index in [1.165, 1.54) is 6.07 Å². The van der Waals surface area contributed by atoms with Gasteiger partial charge >= 0.3 is 5.97 Å².